The Morgan fingerprint density at radius 3 is 2.48 bits per heavy atom. The van der Waals surface area contributed by atoms with Crippen LogP contribution in [0, 0.1) is 0 Å². The zero-order valence-corrected chi connectivity index (χ0v) is 15.9. The minimum atomic E-state index is -0.186. The highest BCUT2D eigenvalue weighted by atomic mass is 16.3. The van der Waals surface area contributed by atoms with E-state index in [2.05, 4.69) is 22.9 Å². The van der Waals surface area contributed by atoms with E-state index in [9.17, 15) is 9.59 Å². The number of benzene rings is 1. The van der Waals surface area contributed by atoms with Gasteiger partial charge in [0.1, 0.15) is 5.76 Å². The van der Waals surface area contributed by atoms with Crippen molar-refractivity contribution in [1.82, 2.24) is 10.6 Å². The highest BCUT2D eigenvalue weighted by Gasteiger charge is 2.07. The van der Waals surface area contributed by atoms with Crippen LogP contribution in [0.15, 0.2) is 47.1 Å². The maximum absolute atomic E-state index is 12.1. The molecule has 2 rings (SSSR count). The summed E-state index contributed by atoms with van der Waals surface area (Å²) in [4.78, 5) is 24.0. The minimum Gasteiger partial charge on any atom is -0.467 e. The Bertz CT molecular complexity index is 681. The molecule has 0 aliphatic carbocycles. The van der Waals surface area contributed by atoms with Crippen LogP contribution < -0.4 is 16.0 Å². The Kier molecular flexibility index (Phi) is 9.13. The fraction of sp³-hybridized carbons (Fsp3) is 0.429. The van der Waals surface area contributed by atoms with Crippen LogP contribution in [0.5, 0.6) is 0 Å². The second kappa shape index (κ2) is 11.9. The van der Waals surface area contributed by atoms with Crippen LogP contribution in [-0.4, -0.2) is 24.9 Å². The van der Waals surface area contributed by atoms with Gasteiger partial charge in [0.15, 0.2) is 0 Å². The van der Waals surface area contributed by atoms with E-state index in [0.29, 0.717) is 30.1 Å². The van der Waals surface area contributed by atoms with E-state index >= 15 is 0 Å². The summed E-state index contributed by atoms with van der Waals surface area (Å²) in [6, 6.07) is 10.4. The zero-order chi connectivity index (χ0) is 19.3. The van der Waals surface area contributed by atoms with E-state index in [1.54, 1.807) is 42.7 Å². The van der Waals surface area contributed by atoms with Crippen molar-refractivity contribution in [2.75, 3.05) is 18.4 Å². The summed E-state index contributed by atoms with van der Waals surface area (Å²) in [7, 11) is 0. The lowest BCUT2D eigenvalue weighted by Crippen LogP contribution is -2.28. The number of carbonyl (C=O) groups excluding carboxylic acids is 2. The van der Waals surface area contributed by atoms with E-state index in [1.807, 2.05) is 0 Å². The third-order valence-corrected chi connectivity index (χ3v) is 4.18. The fourth-order valence-corrected chi connectivity index (χ4v) is 2.65. The zero-order valence-electron chi connectivity index (χ0n) is 15.9. The van der Waals surface area contributed by atoms with Crippen molar-refractivity contribution in [3.8, 4) is 0 Å². The average Bonchev–Trinajstić information content (AvgIpc) is 3.19. The van der Waals surface area contributed by atoms with Crippen molar-refractivity contribution in [2.45, 2.75) is 45.6 Å². The molecule has 2 aromatic rings. The van der Waals surface area contributed by atoms with Crippen molar-refractivity contribution in [1.29, 1.82) is 0 Å². The van der Waals surface area contributed by atoms with Crippen molar-refractivity contribution >= 4 is 17.5 Å². The number of furan rings is 1. The number of nitrogens with one attached hydrogen (secondary N) is 3. The molecule has 2 amide bonds. The Morgan fingerprint density at radius 2 is 1.78 bits per heavy atom. The predicted molar refractivity (Wildman–Crippen MR) is 107 cm³/mol. The van der Waals surface area contributed by atoms with Gasteiger partial charge in [0.25, 0.3) is 5.91 Å². The Morgan fingerprint density at radius 1 is 1.00 bits per heavy atom. The van der Waals surface area contributed by atoms with Crippen LogP contribution in [0.2, 0.25) is 0 Å². The summed E-state index contributed by atoms with van der Waals surface area (Å²) in [5, 5.41) is 8.77. The van der Waals surface area contributed by atoms with Gasteiger partial charge in [0.2, 0.25) is 5.91 Å². The molecule has 0 atom stereocenters. The molecule has 0 saturated carbocycles. The standard InChI is InChI=1S/C21H29N3O3/c1-2-3-4-5-6-13-22-16-20(25)24-18-11-9-17(10-12-18)21(26)23-15-19-8-7-14-27-19/h7-12,14,22H,2-6,13,15-16H2,1H3,(H,23,26)(H,24,25). The second-order valence-corrected chi connectivity index (χ2v) is 6.48. The van der Waals surface area contributed by atoms with Crippen LogP contribution in [0.1, 0.15) is 55.1 Å². The van der Waals surface area contributed by atoms with Gasteiger partial charge in [-0.25, -0.2) is 0 Å². The topological polar surface area (TPSA) is 83.4 Å². The first-order valence-electron chi connectivity index (χ1n) is 9.60. The maximum Gasteiger partial charge on any atom is 0.251 e. The van der Waals surface area contributed by atoms with Gasteiger partial charge in [-0.1, -0.05) is 32.6 Å². The number of carbonyl (C=O) groups is 2. The lowest BCUT2D eigenvalue weighted by molar-refractivity contribution is -0.115. The van der Waals surface area contributed by atoms with Crippen LogP contribution in [0.3, 0.4) is 0 Å². The minimum absolute atomic E-state index is 0.0846. The molecule has 0 fully saturated rings. The average molecular weight is 371 g/mol. The van der Waals surface area contributed by atoms with Gasteiger partial charge in [-0.3, -0.25) is 9.59 Å². The van der Waals surface area contributed by atoms with Gasteiger partial charge in [-0.05, 0) is 49.4 Å². The van der Waals surface area contributed by atoms with E-state index in [0.717, 1.165) is 13.0 Å². The monoisotopic (exact) mass is 371 g/mol. The van der Waals surface area contributed by atoms with Gasteiger partial charge < -0.3 is 20.4 Å². The number of rotatable bonds is 12. The maximum atomic E-state index is 12.1. The number of unbranched alkanes of at least 4 members (excludes halogenated alkanes) is 4. The molecular formula is C21H29N3O3. The molecule has 1 aromatic heterocycles. The highest BCUT2D eigenvalue weighted by Crippen LogP contribution is 2.10. The first kappa shape index (κ1) is 20.7. The van der Waals surface area contributed by atoms with Crippen LogP contribution in [0.4, 0.5) is 5.69 Å². The van der Waals surface area contributed by atoms with Crippen LogP contribution in [-0.2, 0) is 11.3 Å². The van der Waals surface area contributed by atoms with Crippen LogP contribution in [0.25, 0.3) is 0 Å². The fourth-order valence-electron chi connectivity index (χ4n) is 2.65. The van der Waals surface area contributed by atoms with Gasteiger partial charge in [-0.2, -0.15) is 0 Å². The molecular weight excluding hydrogens is 342 g/mol. The molecule has 3 N–H and O–H groups in total. The van der Waals surface area contributed by atoms with Gasteiger partial charge >= 0.3 is 0 Å². The van der Waals surface area contributed by atoms with Gasteiger partial charge in [0, 0.05) is 11.3 Å². The molecule has 0 bridgehead atoms. The molecule has 0 aliphatic heterocycles. The summed E-state index contributed by atoms with van der Waals surface area (Å²) >= 11 is 0. The lowest BCUT2D eigenvalue weighted by Gasteiger charge is -2.08. The quantitative estimate of drug-likeness (QED) is 0.497. The largest absolute Gasteiger partial charge is 0.467 e. The summed E-state index contributed by atoms with van der Waals surface area (Å²) in [5.41, 5.74) is 1.21. The summed E-state index contributed by atoms with van der Waals surface area (Å²) < 4.78 is 5.18. The molecule has 146 valence electrons. The van der Waals surface area contributed by atoms with Crippen LogP contribution >= 0.6 is 0 Å². The van der Waals surface area contributed by atoms with E-state index < -0.39 is 0 Å². The SMILES string of the molecule is CCCCCCCNCC(=O)Nc1ccc(C(=O)NCc2ccco2)cc1. The third-order valence-electron chi connectivity index (χ3n) is 4.18. The summed E-state index contributed by atoms with van der Waals surface area (Å²) in [5.74, 6) is 0.428. The predicted octanol–water partition coefficient (Wildman–Crippen LogP) is 3.71. The third kappa shape index (κ3) is 8.09. The first-order valence-corrected chi connectivity index (χ1v) is 9.60. The second-order valence-electron chi connectivity index (χ2n) is 6.48. The molecule has 0 radical (unpaired) electrons. The van der Waals surface area contributed by atoms with Crippen molar-refractivity contribution in [2.24, 2.45) is 0 Å². The normalized spacial score (nSPS) is 10.6. The van der Waals surface area contributed by atoms with E-state index in [1.165, 1.54) is 25.7 Å². The number of hydrogen-bond acceptors (Lipinski definition) is 4. The molecule has 1 heterocycles. The first-order chi connectivity index (χ1) is 13.2. The molecule has 27 heavy (non-hydrogen) atoms. The molecule has 6 nitrogen and oxygen atoms in total. The molecule has 6 heteroatoms. The van der Waals surface area contributed by atoms with Gasteiger partial charge in [0.05, 0.1) is 19.4 Å². The Balaban J connectivity index is 1.65. The molecule has 1 aromatic carbocycles. The number of anilines is 1. The summed E-state index contributed by atoms with van der Waals surface area (Å²) in [6.07, 6.45) is 7.63. The van der Waals surface area contributed by atoms with Crippen molar-refractivity contribution < 1.29 is 14.0 Å². The highest BCUT2D eigenvalue weighted by molar-refractivity contribution is 5.96. The van der Waals surface area contributed by atoms with E-state index in [4.69, 9.17) is 4.42 Å². The van der Waals surface area contributed by atoms with Crippen molar-refractivity contribution in [3.63, 3.8) is 0 Å². The summed E-state index contributed by atoms with van der Waals surface area (Å²) in [6.45, 7) is 3.68. The number of hydrogen-bond donors (Lipinski definition) is 3. The van der Waals surface area contributed by atoms with E-state index in [-0.39, 0.29) is 11.8 Å². The van der Waals surface area contributed by atoms with Gasteiger partial charge in [-0.15, -0.1) is 0 Å². The molecule has 0 aliphatic rings. The Labute approximate surface area is 160 Å². The smallest absolute Gasteiger partial charge is 0.251 e. The molecule has 0 unspecified atom stereocenters. The molecule has 0 spiro atoms. The lowest BCUT2D eigenvalue weighted by atomic mass is 10.1. The van der Waals surface area contributed by atoms with Crippen molar-refractivity contribution in [3.05, 3.63) is 54.0 Å². The Hall–Kier alpha value is -2.60. The molecule has 0 saturated heterocycles. The number of amides is 2.